The van der Waals surface area contributed by atoms with E-state index in [0.29, 0.717) is 51.4 Å². The number of fused-ring (bicyclic) bond motifs is 7. The summed E-state index contributed by atoms with van der Waals surface area (Å²) in [6.45, 7) is 15.4. The normalized spacial score (nSPS) is 53.9. The number of carbonyl (C=O) groups is 4. The molecule has 13 rings (SSSR count). The minimum Gasteiger partial charge on any atom is -0.479 e. The molecular formula is C77H120O40. The van der Waals surface area contributed by atoms with Crippen molar-refractivity contribution >= 4 is 24.2 Å². The van der Waals surface area contributed by atoms with Crippen LogP contribution in [0.4, 0.5) is 0 Å². The molecule has 668 valence electrons. The summed E-state index contributed by atoms with van der Waals surface area (Å²) >= 11 is 0. The molecule has 0 aromatic heterocycles. The predicted molar refractivity (Wildman–Crippen MR) is 382 cm³/mol. The van der Waals surface area contributed by atoms with Gasteiger partial charge in [0.05, 0.1) is 61.7 Å². The fourth-order valence-electron chi connectivity index (χ4n) is 21.7. The van der Waals surface area contributed by atoms with Gasteiger partial charge in [0.15, 0.2) is 62.3 Å². The van der Waals surface area contributed by atoms with Crippen molar-refractivity contribution in [3.05, 3.63) is 11.6 Å². The van der Waals surface area contributed by atoms with E-state index >= 15 is 4.79 Å². The molecule has 0 amide bonds. The molecule has 0 bridgehead atoms. The summed E-state index contributed by atoms with van der Waals surface area (Å²) in [6.07, 6.45) is -60.2. The molecule has 8 heterocycles. The van der Waals surface area contributed by atoms with Crippen LogP contribution in [0.15, 0.2) is 11.6 Å². The molecule has 8 aliphatic heterocycles. The average molecular weight is 1690 g/mol. The molecule has 0 aromatic rings. The van der Waals surface area contributed by atoms with Crippen LogP contribution in [0.3, 0.4) is 0 Å². The van der Waals surface area contributed by atoms with Gasteiger partial charge in [-0.2, -0.15) is 0 Å². The number of aliphatic carboxylic acids is 1. The highest BCUT2D eigenvalue weighted by atomic mass is 16.8. The molecule has 40 nitrogen and oxygen atoms in total. The van der Waals surface area contributed by atoms with Crippen LogP contribution in [-0.4, -0.2) is 381 Å². The number of carboxylic acid groups (broad SMARTS) is 1. The summed E-state index contributed by atoms with van der Waals surface area (Å²) in [5.74, 6) is -4.44. The van der Waals surface area contributed by atoms with Gasteiger partial charge < -0.3 is 182 Å². The maximum absolute atomic E-state index is 16.2. The second kappa shape index (κ2) is 34.8. The van der Waals surface area contributed by atoms with Gasteiger partial charge in [-0.1, -0.05) is 53.2 Å². The Balaban J connectivity index is 0.763. The SMILES string of the molecule is CC(=O)O[C@@H]1[C@@H](O)[C@H](O[C@@H]2[C@H](O)[C@@H](O[C@@H]3O[C@@H](C)[C@H](O[C@@H]4OC[C@@H](O)[C@H](O[C@@H]5OC[C@@H](O)[C@H](O)[C@H]5O)[C@H]4O)[C@@H](O)[C@H]3O)[C@H](OC(=O)[C@]34CCC(C)(C)C[C@@H]3C3=CC[C@@H]5[C@@]6(C)CC[C@H](O[C@@H]7O[C@H](C(=O)O)[C@@H](O)[C@H](O[C@@H]8OC[C@@H](O)[C@H](O)[C@H]8O)[C@H]7O[C@@H]7O[C@H](CO)[C@H](O)[C@H](O)[C@H]7O)[C@@](C)(C=O)[C@@H]6CC[C@@]5(C)[C@]3(C)CC4)O[C@@H]2C)O[C@H](C)[C@H]1O. The first-order valence-electron chi connectivity index (χ1n) is 40.6. The minimum atomic E-state index is -2.23. The van der Waals surface area contributed by atoms with Crippen LogP contribution in [0.5, 0.6) is 0 Å². The number of carboxylic acids is 1. The van der Waals surface area contributed by atoms with E-state index in [1.165, 1.54) is 20.8 Å². The van der Waals surface area contributed by atoms with E-state index in [2.05, 4.69) is 40.7 Å². The quantitative estimate of drug-likeness (QED) is 0.0234. The number of ether oxygens (including phenoxy) is 17. The second-order valence-electron chi connectivity index (χ2n) is 36.4. The van der Waals surface area contributed by atoms with Crippen LogP contribution >= 0.6 is 0 Å². The Morgan fingerprint density at radius 2 is 0.966 bits per heavy atom. The third-order valence-corrected chi connectivity index (χ3v) is 28.8. The summed E-state index contributed by atoms with van der Waals surface area (Å²) in [4.78, 5) is 55.8. The standard InChI is InChI=1S/C77H120O40/c1-27-40(84)57(107-30(4)80)53(97)68(104-27)111-55-29(3)106-69(60(50(55)94)115-66-49(93)45(89)54(28(2)105-66)110-65-52(96)56(35(83)25-103-65)112-63-46(90)41(85)33(81)23-101-63)117-71(100)77-19-17-72(5,6)21-32(77)31-11-12-38-73(7)15-14-39(74(8,26-79)37(73)13-16-76(38,10)75(31,9)18-20-77)109-70-61(116-67-48(92)44(88)43(87)36(22-78)108-67)58(51(95)59(114-70)62(98)99)113-64-47(91)42(86)34(82)24-102-64/h11,26-29,32-61,63-70,78,81-97H,12-25H2,1-10H3,(H,98,99)/t27-,28+,29-,32-,33-,34-,35-,36-,37-,38-,39+,40-,41+,42+,43+,44+,45+,46-,47-,48-,49-,50+,51+,52-,53-,54+,55+,56+,57+,58+,59+,60-,61-,63+,64+,65+,66+,67+,68+,69+,70-,73+,74+,75-,76-,77+/m1/s1. The zero-order valence-electron chi connectivity index (χ0n) is 66.8. The first-order chi connectivity index (χ1) is 54.9. The Kier molecular flexibility index (Phi) is 27.1. The van der Waals surface area contributed by atoms with Crippen molar-refractivity contribution < 1.29 is 197 Å². The number of carbonyl (C=O) groups excluding carboxylic acids is 3. The van der Waals surface area contributed by atoms with Gasteiger partial charge >= 0.3 is 17.9 Å². The van der Waals surface area contributed by atoms with Gasteiger partial charge in [-0.15, -0.1) is 0 Å². The molecule has 40 heteroatoms. The number of hydrogen-bond donors (Lipinski definition) is 19. The summed E-state index contributed by atoms with van der Waals surface area (Å²) in [5, 5.41) is 210. The lowest BCUT2D eigenvalue weighted by molar-refractivity contribution is -0.391. The molecule has 46 atom stereocenters. The molecule has 19 N–H and O–H groups in total. The number of allylic oxidation sites excluding steroid dienone is 2. The molecule has 8 saturated heterocycles. The first kappa shape index (κ1) is 91.2. The van der Waals surface area contributed by atoms with E-state index in [-0.39, 0.29) is 24.2 Å². The number of aldehydes is 1. The van der Waals surface area contributed by atoms with Gasteiger partial charge in [0.1, 0.15) is 147 Å². The average Bonchev–Trinajstić information content (AvgIpc) is 0.672. The van der Waals surface area contributed by atoms with Crippen LogP contribution in [0.2, 0.25) is 0 Å². The maximum atomic E-state index is 16.2. The lowest BCUT2D eigenvalue weighted by atomic mass is 9.33. The van der Waals surface area contributed by atoms with Crippen molar-refractivity contribution in [2.24, 2.45) is 50.2 Å². The molecule has 0 aromatic carbocycles. The van der Waals surface area contributed by atoms with Crippen molar-refractivity contribution in [1.29, 1.82) is 0 Å². The first-order valence-corrected chi connectivity index (χ1v) is 40.6. The number of hydrogen-bond acceptors (Lipinski definition) is 39. The maximum Gasteiger partial charge on any atom is 0.335 e. The van der Waals surface area contributed by atoms with Crippen molar-refractivity contribution in [2.75, 3.05) is 26.4 Å². The summed E-state index contributed by atoms with van der Waals surface area (Å²) in [7, 11) is 0. The topological polar surface area (TPSA) is 610 Å². The van der Waals surface area contributed by atoms with Gasteiger partial charge in [0.25, 0.3) is 0 Å². The third-order valence-electron chi connectivity index (χ3n) is 28.8. The monoisotopic (exact) mass is 1680 g/mol. The lowest BCUT2D eigenvalue weighted by Crippen LogP contribution is -2.69. The second-order valence-corrected chi connectivity index (χ2v) is 36.4. The van der Waals surface area contributed by atoms with Gasteiger partial charge in [-0.3, -0.25) is 9.59 Å². The van der Waals surface area contributed by atoms with Gasteiger partial charge in [-0.25, -0.2) is 4.79 Å². The summed E-state index contributed by atoms with van der Waals surface area (Å²) in [6, 6.07) is 0. The smallest absolute Gasteiger partial charge is 0.335 e. The van der Waals surface area contributed by atoms with Crippen molar-refractivity contribution in [3.63, 3.8) is 0 Å². The van der Waals surface area contributed by atoms with E-state index < -0.39 is 317 Å². The third kappa shape index (κ3) is 16.4. The van der Waals surface area contributed by atoms with Crippen LogP contribution in [-0.2, 0) is 99.7 Å². The minimum absolute atomic E-state index is 0.114. The van der Waals surface area contributed by atoms with Crippen molar-refractivity contribution in [3.8, 4) is 0 Å². The van der Waals surface area contributed by atoms with E-state index in [9.17, 15) is 111 Å². The van der Waals surface area contributed by atoms with Gasteiger partial charge in [-0.05, 0) is 124 Å². The highest BCUT2D eigenvalue weighted by molar-refractivity contribution is 5.79. The molecule has 12 fully saturated rings. The number of aliphatic hydroxyl groups is 18. The predicted octanol–water partition coefficient (Wildman–Crippen LogP) is -5.90. The Labute approximate surface area is 673 Å². The van der Waals surface area contributed by atoms with Gasteiger partial charge in [0.2, 0.25) is 6.29 Å². The van der Waals surface area contributed by atoms with Gasteiger partial charge in [0, 0.05) is 6.92 Å². The van der Waals surface area contributed by atoms with E-state index in [1.54, 1.807) is 6.92 Å². The van der Waals surface area contributed by atoms with Crippen molar-refractivity contribution in [2.45, 2.75) is 367 Å². The van der Waals surface area contributed by atoms with E-state index in [1.807, 2.05) is 0 Å². The zero-order chi connectivity index (χ0) is 85.3. The fourth-order valence-corrected chi connectivity index (χ4v) is 21.7. The number of esters is 2. The largest absolute Gasteiger partial charge is 0.479 e. The lowest BCUT2D eigenvalue weighted by Gasteiger charge is -2.71. The van der Waals surface area contributed by atoms with Crippen LogP contribution in [0.25, 0.3) is 0 Å². The van der Waals surface area contributed by atoms with Crippen molar-refractivity contribution in [1.82, 2.24) is 0 Å². The Morgan fingerprint density at radius 1 is 0.453 bits per heavy atom. The number of aliphatic hydroxyl groups excluding tert-OH is 18. The zero-order valence-corrected chi connectivity index (χ0v) is 66.8. The molecule has 0 unspecified atom stereocenters. The van der Waals surface area contributed by atoms with Crippen LogP contribution < -0.4 is 0 Å². The Hall–Kier alpha value is -3.50. The molecule has 0 radical (unpaired) electrons. The molecule has 4 saturated carbocycles. The highest BCUT2D eigenvalue weighted by Crippen LogP contribution is 2.76. The molecular weight excluding hydrogens is 1560 g/mol. The summed E-state index contributed by atoms with van der Waals surface area (Å²) in [5.41, 5.74) is -3.89. The van der Waals surface area contributed by atoms with E-state index in [4.69, 9.17) is 80.5 Å². The Morgan fingerprint density at radius 3 is 1.58 bits per heavy atom. The van der Waals surface area contributed by atoms with Crippen LogP contribution in [0, 0.1) is 50.2 Å². The number of rotatable bonds is 20. The molecule has 5 aliphatic carbocycles. The van der Waals surface area contributed by atoms with E-state index in [0.717, 1.165) is 18.8 Å². The highest BCUT2D eigenvalue weighted by Gasteiger charge is 2.72. The Bertz CT molecular complexity index is 3490. The fraction of sp³-hybridized carbons (Fsp3) is 0.922. The summed E-state index contributed by atoms with van der Waals surface area (Å²) < 4.78 is 102. The molecule has 117 heavy (non-hydrogen) atoms. The van der Waals surface area contributed by atoms with Crippen LogP contribution in [0.1, 0.15) is 133 Å². The molecule has 13 aliphatic rings. The molecule has 0 spiro atoms.